The van der Waals surface area contributed by atoms with Crippen molar-refractivity contribution >= 4 is 11.9 Å². The van der Waals surface area contributed by atoms with E-state index in [0.29, 0.717) is 38.2 Å². The summed E-state index contributed by atoms with van der Waals surface area (Å²) in [6, 6.07) is 0. The molecule has 0 aliphatic carbocycles. The Bertz CT molecular complexity index is 417. The molecular formula is C21H36O4. The average Bonchev–Trinajstić information content (AvgIpc) is 2.56. The molecule has 1 unspecified atom stereocenters. The maximum Gasteiger partial charge on any atom is 0.307 e. The number of hydrogen-bond acceptors (Lipinski definition) is 4. The zero-order valence-electron chi connectivity index (χ0n) is 16.6. The lowest BCUT2D eigenvalue weighted by Crippen LogP contribution is -2.18. The molecule has 0 radical (unpaired) electrons. The van der Waals surface area contributed by atoms with E-state index < -0.39 is 0 Å². The van der Waals surface area contributed by atoms with Gasteiger partial charge in [0, 0.05) is 19.3 Å². The molecule has 0 spiro atoms. The summed E-state index contributed by atoms with van der Waals surface area (Å²) in [4.78, 5) is 23.5. The molecule has 1 atom stereocenters. The molecule has 0 aliphatic heterocycles. The molecular weight excluding hydrogens is 316 g/mol. The standard InChI is InChI=1S/C21H36O4/c1-5-7-9-12-16-24-20(22)14-10-11-15-21(23)25-19(13-8-6-2)17-18(3)4/h18-19H,5-7,9-12,14-17H2,1-4H3. The lowest BCUT2D eigenvalue weighted by Gasteiger charge is -2.14. The van der Waals surface area contributed by atoms with Crippen molar-refractivity contribution in [1.29, 1.82) is 0 Å². The fourth-order valence-corrected chi connectivity index (χ4v) is 2.32. The van der Waals surface area contributed by atoms with Crippen LogP contribution in [0.4, 0.5) is 0 Å². The third-order valence-corrected chi connectivity index (χ3v) is 3.67. The fourth-order valence-electron chi connectivity index (χ4n) is 2.32. The highest BCUT2D eigenvalue weighted by Crippen LogP contribution is 2.11. The van der Waals surface area contributed by atoms with E-state index in [-0.39, 0.29) is 18.0 Å². The Kier molecular flexibility index (Phi) is 15.0. The van der Waals surface area contributed by atoms with E-state index in [1.165, 1.54) is 12.8 Å². The van der Waals surface area contributed by atoms with Gasteiger partial charge in [-0.2, -0.15) is 0 Å². The summed E-state index contributed by atoms with van der Waals surface area (Å²) in [6.07, 6.45) is 7.56. The van der Waals surface area contributed by atoms with E-state index in [9.17, 15) is 9.59 Å². The fraction of sp³-hybridized carbons (Fsp3) is 0.810. The number of carbonyl (C=O) groups is 2. The predicted octanol–water partition coefficient (Wildman–Crippen LogP) is 5.04. The first-order valence-corrected chi connectivity index (χ1v) is 9.83. The summed E-state index contributed by atoms with van der Waals surface area (Å²) >= 11 is 0. The molecule has 0 saturated heterocycles. The van der Waals surface area contributed by atoms with Gasteiger partial charge in [0.15, 0.2) is 6.10 Å². The van der Waals surface area contributed by atoms with Crippen molar-refractivity contribution in [3.8, 4) is 11.8 Å². The Morgan fingerprint density at radius 2 is 1.60 bits per heavy atom. The molecule has 0 bridgehead atoms. The SMILES string of the molecule is CCC#CC(CC(C)C)OC(=O)CCCCC(=O)OCCCCCC. The number of esters is 2. The van der Waals surface area contributed by atoms with E-state index in [4.69, 9.17) is 9.47 Å². The van der Waals surface area contributed by atoms with E-state index in [1.807, 2.05) is 6.92 Å². The van der Waals surface area contributed by atoms with Crippen molar-refractivity contribution in [2.45, 2.75) is 98.0 Å². The highest BCUT2D eigenvalue weighted by atomic mass is 16.5. The van der Waals surface area contributed by atoms with Crippen molar-refractivity contribution in [1.82, 2.24) is 0 Å². The highest BCUT2D eigenvalue weighted by molar-refractivity contribution is 5.70. The Labute approximate surface area is 154 Å². The number of rotatable bonds is 13. The van der Waals surface area contributed by atoms with Crippen LogP contribution in [0.15, 0.2) is 0 Å². The molecule has 0 rings (SSSR count). The van der Waals surface area contributed by atoms with Gasteiger partial charge in [-0.3, -0.25) is 9.59 Å². The smallest absolute Gasteiger partial charge is 0.307 e. The first kappa shape index (κ1) is 23.5. The third kappa shape index (κ3) is 15.8. The second-order valence-corrected chi connectivity index (χ2v) is 6.77. The second kappa shape index (κ2) is 16.0. The van der Waals surface area contributed by atoms with Gasteiger partial charge >= 0.3 is 11.9 Å². The van der Waals surface area contributed by atoms with Gasteiger partial charge in [-0.15, -0.1) is 0 Å². The predicted molar refractivity (Wildman–Crippen MR) is 101 cm³/mol. The van der Waals surface area contributed by atoms with Crippen molar-refractivity contribution < 1.29 is 19.1 Å². The van der Waals surface area contributed by atoms with Crippen molar-refractivity contribution in [2.75, 3.05) is 6.61 Å². The molecule has 0 aliphatic rings. The minimum atomic E-state index is -0.319. The topological polar surface area (TPSA) is 52.6 Å². The zero-order chi connectivity index (χ0) is 18.9. The van der Waals surface area contributed by atoms with Gasteiger partial charge < -0.3 is 9.47 Å². The van der Waals surface area contributed by atoms with Crippen molar-refractivity contribution in [3.05, 3.63) is 0 Å². The first-order chi connectivity index (χ1) is 12.0. The maximum absolute atomic E-state index is 11.9. The van der Waals surface area contributed by atoms with Crippen LogP contribution in [0.3, 0.4) is 0 Å². The van der Waals surface area contributed by atoms with Gasteiger partial charge in [0.05, 0.1) is 6.61 Å². The Morgan fingerprint density at radius 3 is 2.20 bits per heavy atom. The molecule has 0 N–H and O–H groups in total. The second-order valence-electron chi connectivity index (χ2n) is 6.77. The molecule has 0 aromatic rings. The summed E-state index contributed by atoms with van der Waals surface area (Å²) in [5.74, 6) is 6.02. The lowest BCUT2D eigenvalue weighted by molar-refractivity contribution is -0.148. The lowest BCUT2D eigenvalue weighted by atomic mass is 10.1. The van der Waals surface area contributed by atoms with Crippen LogP contribution in [-0.2, 0) is 19.1 Å². The summed E-state index contributed by atoms with van der Waals surface area (Å²) in [5, 5.41) is 0. The molecule has 0 amide bonds. The van der Waals surface area contributed by atoms with E-state index in [2.05, 4.69) is 32.6 Å². The summed E-state index contributed by atoms with van der Waals surface area (Å²) < 4.78 is 10.6. The van der Waals surface area contributed by atoms with Gasteiger partial charge in [0.25, 0.3) is 0 Å². The average molecular weight is 353 g/mol. The minimum Gasteiger partial charge on any atom is -0.466 e. The van der Waals surface area contributed by atoms with E-state index in [1.54, 1.807) is 0 Å². The highest BCUT2D eigenvalue weighted by Gasteiger charge is 2.14. The van der Waals surface area contributed by atoms with Gasteiger partial charge in [-0.25, -0.2) is 0 Å². The van der Waals surface area contributed by atoms with Crippen LogP contribution in [0.25, 0.3) is 0 Å². The quantitative estimate of drug-likeness (QED) is 0.265. The van der Waals surface area contributed by atoms with Gasteiger partial charge in [-0.1, -0.05) is 58.8 Å². The monoisotopic (exact) mass is 352 g/mol. The van der Waals surface area contributed by atoms with Gasteiger partial charge in [-0.05, 0) is 31.6 Å². The maximum atomic E-state index is 11.9. The van der Waals surface area contributed by atoms with Crippen LogP contribution in [0.2, 0.25) is 0 Å². The molecule has 144 valence electrons. The molecule has 0 saturated carbocycles. The van der Waals surface area contributed by atoms with Crippen LogP contribution in [0, 0.1) is 17.8 Å². The Hall–Kier alpha value is -1.50. The summed E-state index contributed by atoms with van der Waals surface area (Å²) in [5.41, 5.74) is 0. The normalized spacial score (nSPS) is 11.6. The summed E-state index contributed by atoms with van der Waals surface area (Å²) in [6.45, 7) is 8.81. The first-order valence-electron chi connectivity index (χ1n) is 9.83. The third-order valence-electron chi connectivity index (χ3n) is 3.67. The van der Waals surface area contributed by atoms with Crippen LogP contribution in [-0.4, -0.2) is 24.6 Å². The molecule has 0 heterocycles. The Balaban J connectivity index is 3.84. The zero-order valence-corrected chi connectivity index (χ0v) is 16.6. The summed E-state index contributed by atoms with van der Waals surface area (Å²) in [7, 11) is 0. The van der Waals surface area contributed by atoms with Crippen molar-refractivity contribution in [2.24, 2.45) is 5.92 Å². The molecule has 0 aromatic heterocycles. The van der Waals surface area contributed by atoms with Gasteiger partial charge in [0.1, 0.15) is 0 Å². The Morgan fingerprint density at radius 1 is 0.920 bits per heavy atom. The van der Waals surface area contributed by atoms with Crippen LogP contribution < -0.4 is 0 Å². The number of carbonyl (C=O) groups excluding carboxylic acids is 2. The van der Waals surface area contributed by atoms with E-state index >= 15 is 0 Å². The largest absolute Gasteiger partial charge is 0.466 e. The number of ether oxygens (including phenoxy) is 2. The molecule has 4 heteroatoms. The molecule has 25 heavy (non-hydrogen) atoms. The van der Waals surface area contributed by atoms with Gasteiger partial charge in [0.2, 0.25) is 0 Å². The minimum absolute atomic E-state index is 0.170. The van der Waals surface area contributed by atoms with Crippen LogP contribution in [0.5, 0.6) is 0 Å². The molecule has 0 aromatic carbocycles. The van der Waals surface area contributed by atoms with Crippen molar-refractivity contribution in [3.63, 3.8) is 0 Å². The van der Waals surface area contributed by atoms with Crippen LogP contribution >= 0.6 is 0 Å². The molecule has 0 fully saturated rings. The van der Waals surface area contributed by atoms with Crippen LogP contribution in [0.1, 0.15) is 91.9 Å². The molecule has 4 nitrogen and oxygen atoms in total. The van der Waals surface area contributed by atoms with E-state index in [0.717, 1.165) is 25.7 Å². The number of hydrogen-bond donors (Lipinski definition) is 0. The number of unbranched alkanes of at least 4 members (excludes halogenated alkanes) is 4.